The molecule has 2 rings (SSSR count). The number of nitrogens with zero attached hydrogens (tertiary/aromatic N) is 3. The Balaban J connectivity index is 2.39. The van der Waals surface area contributed by atoms with Gasteiger partial charge in [-0.3, -0.25) is 0 Å². The third kappa shape index (κ3) is 3.87. The third-order valence-corrected chi connectivity index (χ3v) is 9.46. The Hall–Kier alpha value is -0.683. The van der Waals surface area contributed by atoms with Crippen molar-refractivity contribution in [1.82, 2.24) is 14.6 Å². The molecule has 0 unspecified atom stereocenters. The van der Waals surface area contributed by atoms with Crippen molar-refractivity contribution < 1.29 is 17.6 Å². The summed E-state index contributed by atoms with van der Waals surface area (Å²) >= 11 is 1.93. The summed E-state index contributed by atoms with van der Waals surface area (Å²) in [6.45, 7) is 10.8. The number of pyridine rings is 1. The average Bonchev–Trinajstić information content (AvgIpc) is 2.82. The molecule has 2 aromatic heterocycles. The molecule has 2 heterocycles. The number of fused-ring (bicyclic) bond motifs is 1. The highest BCUT2D eigenvalue weighted by atomic mass is 127. The first-order valence-corrected chi connectivity index (χ1v) is 11.1. The van der Waals surface area contributed by atoms with Gasteiger partial charge in [0.25, 0.3) is 5.82 Å². The van der Waals surface area contributed by atoms with Gasteiger partial charge in [-0.1, -0.05) is 26.8 Å². The van der Waals surface area contributed by atoms with E-state index < -0.39 is 20.3 Å². The highest BCUT2D eigenvalue weighted by Crippen LogP contribution is 2.37. The summed E-state index contributed by atoms with van der Waals surface area (Å²) in [6.07, 6.45) is -4.56. The van der Waals surface area contributed by atoms with Crippen LogP contribution in [0, 0.1) is 3.70 Å². The second kappa shape index (κ2) is 5.99. The van der Waals surface area contributed by atoms with Crippen molar-refractivity contribution in [2.24, 2.45) is 0 Å². The summed E-state index contributed by atoms with van der Waals surface area (Å²) in [5, 5.41) is 3.59. The smallest absolute Gasteiger partial charge is 0.412 e. The van der Waals surface area contributed by atoms with Crippen LogP contribution in [0.1, 0.15) is 32.2 Å². The molecule has 0 aromatic carbocycles. The number of hydrogen-bond donors (Lipinski definition) is 0. The maximum atomic E-state index is 12.9. The lowest BCUT2D eigenvalue weighted by atomic mass is 10.2. The maximum absolute atomic E-state index is 12.9. The maximum Gasteiger partial charge on any atom is 0.453 e. The van der Waals surface area contributed by atoms with Crippen molar-refractivity contribution in [2.45, 2.75) is 51.7 Å². The zero-order valence-corrected chi connectivity index (χ0v) is 16.8. The van der Waals surface area contributed by atoms with Gasteiger partial charge in [-0.15, -0.1) is 5.10 Å². The van der Waals surface area contributed by atoms with E-state index >= 15 is 0 Å². The first-order valence-electron chi connectivity index (χ1n) is 7.08. The predicted molar refractivity (Wildman–Crippen MR) is 92.7 cm³/mol. The second-order valence-electron chi connectivity index (χ2n) is 6.90. The van der Waals surface area contributed by atoms with E-state index in [0.29, 0.717) is 9.26 Å². The fourth-order valence-electron chi connectivity index (χ4n) is 1.69. The molecule has 0 atom stereocenters. The monoisotopic (exact) mass is 457 g/mol. The highest BCUT2D eigenvalue weighted by molar-refractivity contribution is 14.1. The van der Waals surface area contributed by atoms with E-state index in [0.717, 1.165) is 0 Å². The molecule has 0 aliphatic rings. The standard InChI is InChI=1S/C14H19F3IN3OSi/c1-13(2,3)23(4,5)22-8-9-6-7-10(18)21-11(9)19-12(20-21)14(15,16)17/h6-7H,8H2,1-5H3. The molecule has 0 amide bonds. The summed E-state index contributed by atoms with van der Waals surface area (Å²) in [7, 11) is -2.00. The lowest BCUT2D eigenvalue weighted by molar-refractivity contribution is -0.144. The van der Waals surface area contributed by atoms with Gasteiger partial charge >= 0.3 is 6.18 Å². The quantitative estimate of drug-likeness (QED) is 0.375. The Kier molecular flexibility index (Phi) is 4.86. The molecule has 2 aromatic rings. The molecular weight excluding hydrogens is 438 g/mol. The Morgan fingerprint density at radius 2 is 1.83 bits per heavy atom. The van der Waals surface area contributed by atoms with Crippen molar-refractivity contribution in [1.29, 1.82) is 0 Å². The average molecular weight is 457 g/mol. The summed E-state index contributed by atoms with van der Waals surface area (Å²) in [6, 6.07) is 3.46. The Labute approximate surface area is 147 Å². The largest absolute Gasteiger partial charge is 0.453 e. The van der Waals surface area contributed by atoms with Crippen molar-refractivity contribution in [3.63, 3.8) is 0 Å². The molecule has 0 saturated heterocycles. The van der Waals surface area contributed by atoms with Gasteiger partial charge in [-0.25, -0.2) is 9.50 Å². The van der Waals surface area contributed by atoms with Gasteiger partial charge in [0, 0.05) is 5.56 Å². The lowest BCUT2D eigenvalue weighted by Gasteiger charge is -2.36. The molecule has 0 fully saturated rings. The van der Waals surface area contributed by atoms with Crippen molar-refractivity contribution in [3.05, 3.63) is 27.2 Å². The van der Waals surface area contributed by atoms with Crippen LogP contribution in [0.5, 0.6) is 0 Å². The predicted octanol–water partition coefficient (Wildman–Crippen LogP) is 4.87. The van der Waals surface area contributed by atoms with Crippen LogP contribution in [0.15, 0.2) is 12.1 Å². The van der Waals surface area contributed by atoms with Gasteiger partial charge in [0.1, 0.15) is 3.70 Å². The minimum absolute atomic E-state index is 0.0251. The first-order chi connectivity index (χ1) is 10.3. The molecule has 0 bridgehead atoms. The van der Waals surface area contributed by atoms with Crippen LogP contribution in [0.4, 0.5) is 13.2 Å². The fraction of sp³-hybridized carbons (Fsp3) is 0.571. The Bertz CT molecular complexity index is 722. The minimum Gasteiger partial charge on any atom is -0.412 e. The second-order valence-corrected chi connectivity index (χ2v) is 12.8. The first kappa shape index (κ1) is 18.7. The van der Waals surface area contributed by atoms with E-state index in [2.05, 4.69) is 43.9 Å². The van der Waals surface area contributed by atoms with Crippen LogP contribution in [0.25, 0.3) is 5.65 Å². The summed E-state index contributed by atoms with van der Waals surface area (Å²) in [4.78, 5) is 3.67. The molecule has 9 heteroatoms. The summed E-state index contributed by atoms with van der Waals surface area (Å²) in [5.74, 6) is -1.13. The molecule has 23 heavy (non-hydrogen) atoms. The van der Waals surface area contributed by atoms with Crippen LogP contribution >= 0.6 is 22.6 Å². The van der Waals surface area contributed by atoms with E-state index in [-0.39, 0.29) is 17.3 Å². The number of aromatic nitrogens is 3. The molecular formula is C14H19F3IN3OSi. The molecule has 0 spiro atoms. The zero-order valence-electron chi connectivity index (χ0n) is 13.6. The van der Waals surface area contributed by atoms with Crippen LogP contribution in [-0.4, -0.2) is 22.9 Å². The van der Waals surface area contributed by atoms with Gasteiger partial charge in [0.2, 0.25) is 0 Å². The fourth-order valence-corrected chi connectivity index (χ4v) is 3.16. The van der Waals surface area contributed by atoms with E-state index in [1.165, 1.54) is 4.52 Å². The molecule has 0 aliphatic heterocycles. The molecule has 0 aliphatic carbocycles. The number of halogens is 4. The van der Waals surface area contributed by atoms with Crippen LogP contribution < -0.4 is 0 Å². The van der Waals surface area contributed by atoms with Crippen molar-refractivity contribution in [3.8, 4) is 0 Å². The van der Waals surface area contributed by atoms with Crippen LogP contribution in [-0.2, 0) is 17.2 Å². The normalized spacial score (nSPS) is 13.8. The molecule has 128 valence electrons. The SMILES string of the molecule is CC(C)(C)[Si](C)(C)OCc1ccc(I)n2nc(C(F)(F)F)nc12. The van der Waals surface area contributed by atoms with E-state index in [4.69, 9.17) is 4.43 Å². The molecule has 0 saturated carbocycles. The number of rotatable bonds is 3. The van der Waals surface area contributed by atoms with E-state index in [9.17, 15) is 13.2 Å². The van der Waals surface area contributed by atoms with E-state index in [1.807, 2.05) is 22.6 Å². The number of hydrogen-bond acceptors (Lipinski definition) is 3. The summed E-state index contributed by atoms with van der Waals surface area (Å²) < 4.78 is 46.4. The molecule has 0 radical (unpaired) electrons. The molecule has 0 N–H and O–H groups in total. The Morgan fingerprint density at radius 3 is 2.35 bits per heavy atom. The zero-order chi connectivity index (χ0) is 17.6. The summed E-state index contributed by atoms with van der Waals surface area (Å²) in [5.41, 5.74) is 0.807. The van der Waals surface area contributed by atoms with Crippen LogP contribution in [0.3, 0.4) is 0 Å². The number of alkyl halides is 3. The minimum atomic E-state index is -4.56. The van der Waals surface area contributed by atoms with E-state index in [1.54, 1.807) is 12.1 Å². The van der Waals surface area contributed by atoms with Gasteiger partial charge < -0.3 is 4.43 Å². The highest BCUT2D eigenvalue weighted by Gasteiger charge is 2.38. The Morgan fingerprint density at radius 1 is 1.22 bits per heavy atom. The molecule has 4 nitrogen and oxygen atoms in total. The lowest BCUT2D eigenvalue weighted by Crippen LogP contribution is -2.40. The van der Waals surface area contributed by atoms with Crippen LogP contribution in [0.2, 0.25) is 18.1 Å². The van der Waals surface area contributed by atoms with Gasteiger partial charge in [-0.05, 0) is 46.8 Å². The van der Waals surface area contributed by atoms with Crippen molar-refractivity contribution >= 4 is 36.6 Å². The van der Waals surface area contributed by atoms with Gasteiger partial charge in [-0.2, -0.15) is 13.2 Å². The topological polar surface area (TPSA) is 39.4 Å². The van der Waals surface area contributed by atoms with Crippen molar-refractivity contribution in [2.75, 3.05) is 0 Å². The third-order valence-electron chi connectivity index (χ3n) is 4.17. The van der Waals surface area contributed by atoms with Gasteiger partial charge in [0.05, 0.1) is 6.61 Å². The van der Waals surface area contributed by atoms with Gasteiger partial charge in [0.15, 0.2) is 14.0 Å².